The molecule has 1 aliphatic carbocycles. The van der Waals surface area contributed by atoms with Gasteiger partial charge in [0.05, 0.1) is 11.6 Å². The maximum atomic E-state index is 6.43. The molecule has 100 valence electrons. The molecule has 1 aromatic rings. The van der Waals surface area contributed by atoms with Crippen molar-refractivity contribution in [2.24, 2.45) is 5.73 Å². The second kappa shape index (κ2) is 5.81. The van der Waals surface area contributed by atoms with E-state index in [1.807, 2.05) is 6.07 Å². The fraction of sp³-hybridized carbons (Fsp3) is 0.571. The fourth-order valence-corrected chi connectivity index (χ4v) is 3.76. The predicted octanol–water partition coefficient (Wildman–Crippen LogP) is 4.27. The van der Waals surface area contributed by atoms with Crippen LogP contribution >= 0.6 is 27.5 Å². The Morgan fingerprint density at radius 1 is 1.33 bits per heavy atom. The average Bonchev–Trinajstić information content (AvgIpc) is 2.41. The maximum Gasteiger partial charge on any atom is 0.134 e. The Labute approximate surface area is 122 Å². The Morgan fingerprint density at radius 3 is 2.56 bits per heavy atom. The van der Waals surface area contributed by atoms with E-state index in [1.165, 1.54) is 24.8 Å². The first-order valence-electron chi connectivity index (χ1n) is 6.36. The molecule has 18 heavy (non-hydrogen) atoms. The first-order valence-corrected chi connectivity index (χ1v) is 7.53. The molecule has 0 aromatic heterocycles. The zero-order chi connectivity index (χ0) is 13.2. The van der Waals surface area contributed by atoms with E-state index in [0.29, 0.717) is 6.54 Å². The molecule has 0 saturated heterocycles. The number of nitrogens with two attached hydrogens (primary N) is 1. The van der Waals surface area contributed by atoms with Crippen LogP contribution in [0.4, 0.5) is 0 Å². The average molecular weight is 333 g/mol. The van der Waals surface area contributed by atoms with Crippen molar-refractivity contribution < 1.29 is 4.74 Å². The van der Waals surface area contributed by atoms with Gasteiger partial charge in [-0.15, -0.1) is 0 Å². The van der Waals surface area contributed by atoms with E-state index in [4.69, 9.17) is 22.1 Å². The Balaban J connectivity index is 2.45. The van der Waals surface area contributed by atoms with Crippen LogP contribution in [0.2, 0.25) is 5.02 Å². The fourth-order valence-electron chi connectivity index (χ4n) is 2.90. The van der Waals surface area contributed by atoms with Crippen molar-refractivity contribution in [3.05, 3.63) is 27.2 Å². The third-order valence-corrected chi connectivity index (χ3v) is 4.95. The lowest BCUT2D eigenvalue weighted by Gasteiger charge is -2.37. The molecule has 0 atom stereocenters. The Kier molecular flexibility index (Phi) is 4.57. The maximum absolute atomic E-state index is 6.43. The van der Waals surface area contributed by atoms with Crippen LogP contribution in [0.25, 0.3) is 0 Å². The molecule has 2 nitrogen and oxygen atoms in total. The van der Waals surface area contributed by atoms with Crippen LogP contribution in [0.3, 0.4) is 0 Å². The van der Waals surface area contributed by atoms with E-state index in [2.05, 4.69) is 22.0 Å². The van der Waals surface area contributed by atoms with Gasteiger partial charge < -0.3 is 10.5 Å². The highest BCUT2D eigenvalue weighted by Crippen LogP contribution is 2.44. The lowest BCUT2D eigenvalue weighted by molar-refractivity contribution is 0.300. The number of halogens is 2. The third kappa shape index (κ3) is 2.54. The van der Waals surface area contributed by atoms with E-state index >= 15 is 0 Å². The first-order chi connectivity index (χ1) is 8.63. The SMILES string of the molecule is COc1cc(Cl)c(C2(CN)CCCCC2)cc1Br. The minimum Gasteiger partial charge on any atom is -0.496 e. The number of hydrogen-bond acceptors (Lipinski definition) is 2. The molecule has 0 unspecified atom stereocenters. The van der Waals surface area contributed by atoms with Gasteiger partial charge in [-0.2, -0.15) is 0 Å². The summed E-state index contributed by atoms with van der Waals surface area (Å²) in [7, 11) is 1.65. The summed E-state index contributed by atoms with van der Waals surface area (Å²) in [6.45, 7) is 0.658. The van der Waals surface area contributed by atoms with Crippen molar-refractivity contribution in [3.63, 3.8) is 0 Å². The Bertz CT molecular complexity index is 430. The molecule has 1 aromatic carbocycles. The van der Waals surface area contributed by atoms with Gasteiger partial charge in [0, 0.05) is 23.0 Å². The monoisotopic (exact) mass is 331 g/mol. The highest BCUT2D eigenvalue weighted by atomic mass is 79.9. The van der Waals surface area contributed by atoms with Crippen LogP contribution in [0.1, 0.15) is 37.7 Å². The van der Waals surface area contributed by atoms with Crippen LogP contribution in [-0.2, 0) is 5.41 Å². The number of methoxy groups -OCH3 is 1. The minimum absolute atomic E-state index is 0.0458. The summed E-state index contributed by atoms with van der Waals surface area (Å²) in [5, 5.41) is 0.766. The highest BCUT2D eigenvalue weighted by Gasteiger charge is 2.34. The van der Waals surface area contributed by atoms with Crippen molar-refractivity contribution in [2.45, 2.75) is 37.5 Å². The number of rotatable bonds is 3. The quantitative estimate of drug-likeness (QED) is 0.897. The summed E-state index contributed by atoms with van der Waals surface area (Å²) >= 11 is 9.96. The summed E-state index contributed by atoms with van der Waals surface area (Å²) in [5.41, 5.74) is 7.27. The van der Waals surface area contributed by atoms with Gasteiger partial charge in [-0.25, -0.2) is 0 Å². The highest BCUT2D eigenvalue weighted by molar-refractivity contribution is 9.10. The summed E-state index contributed by atoms with van der Waals surface area (Å²) in [4.78, 5) is 0. The Hall–Kier alpha value is -0.250. The Morgan fingerprint density at radius 2 is 2.00 bits per heavy atom. The van der Waals surface area contributed by atoms with E-state index < -0.39 is 0 Å². The smallest absolute Gasteiger partial charge is 0.134 e. The zero-order valence-electron chi connectivity index (χ0n) is 10.6. The van der Waals surface area contributed by atoms with E-state index in [9.17, 15) is 0 Å². The summed E-state index contributed by atoms with van der Waals surface area (Å²) in [6, 6.07) is 3.96. The van der Waals surface area contributed by atoms with Crippen molar-refractivity contribution in [1.29, 1.82) is 0 Å². The molecule has 2 N–H and O–H groups in total. The molecular formula is C14H19BrClNO. The standard InChI is InChI=1S/C14H19BrClNO/c1-18-13-8-12(16)10(7-11(13)15)14(9-17)5-3-2-4-6-14/h7-8H,2-6,9,17H2,1H3. The van der Waals surface area contributed by atoms with Crippen molar-refractivity contribution in [3.8, 4) is 5.75 Å². The third-order valence-electron chi connectivity index (χ3n) is 4.01. The van der Waals surface area contributed by atoms with E-state index in [1.54, 1.807) is 7.11 Å². The van der Waals surface area contributed by atoms with Gasteiger partial charge in [0.1, 0.15) is 5.75 Å². The molecular weight excluding hydrogens is 314 g/mol. The van der Waals surface area contributed by atoms with Crippen LogP contribution in [-0.4, -0.2) is 13.7 Å². The normalized spacial score (nSPS) is 18.7. The van der Waals surface area contributed by atoms with E-state index in [-0.39, 0.29) is 5.41 Å². The van der Waals surface area contributed by atoms with Gasteiger partial charge in [-0.1, -0.05) is 30.9 Å². The van der Waals surface area contributed by atoms with Crippen LogP contribution < -0.4 is 10.5 Å². The van der Waals surface area contributed by atoms with Gasteiger partial charge in [-0.3, -0.25) is 0 Å². The lowest BCUT2D eigenvalue weighted by Crippen LogP contribution is -2.37. The molecule has 0 heterocycles. The lowest BCUT2D eigenvalue weighted by atomic mass is 9.69. The number of benzene rings is 1. The van der Waals surface area contributed by atoms with Gasteiger partial charge >= 0.3 is 0 Å². The molecule has 4 heteroatoms. The van der Waals surface area contributed by atoms with Gasteiger partial charge in [0.25, 0.3) is 0 Å². The van der Waals surface area contributed by atoms with Gasteiger partial charge in [0.2, 0.25) is 0 Å². The molecule has 0 aliphatic heterocycles. The molecule has 0 amide bonds. The second-order valence-electron chi connectivity index (χ2n) is 5.01. The number of hydrogen-bond donors (Lipinski definition) is 1. The van der Waals surface area contributed by atoms with E-state index in [0.717, 1.165) is 28.1 Å². The van der Waals surface area contributed by atoms with Crippen molar-refractivity contribution >= 4 is 27.5 Å². The van der Waals surface area contributed by atoms with Crippen molar-refractivity contribution in [1.82, 2.24) is 0 Å². The molecule has 0 spiro atoms. The summed E-state index contributed by atoms with van der Waals surface area (Å²) < 4.78 is 6.22. The summed E-state index contributed by atoms with van der Waals surface area (Å²) in [5.74, 6) is 0.770. The summed E-state index contributed by atoms with van der Waals surface area (Å²) in [6.07, 6.45) is 6.02. The van der Waals surface area contributed by atoms with Crippen molar-refractivity contribution in [2.75, 3.05) is 13.7 Å². The second-order valence-corrected chi connectivity index (χ2v) is 6.27. The molecule has 1 fully saturated rings. The molecule has 0 radical (unpaired) electrons. The molecule has 2 rings (SSSR count). The number of ether oxygens (including phenoxy) is 1. The topological polar surface area (TPSA) is 35.2 Å². The zero-order valence-corrected chi connectivity index (χ0v) is 13.0. The first kappa shape index (κ1) is 14.2. The van der Waals surface area contributed by atoms with Crippen LogP contribution in [0, 0.1) is 0 Å². The van der Waals surface area contributed by atoms with Crippen LogP contribution in [0.15, 0.2) is 16.6 Å². The predicted molar refractivity (Wildman–Crippen MR) is 79.5 cm³/mol. The molecule has 0 bridgehead atoms. The van der Waals surface area contributed by atoms with Gasteiger partial charge in [-0.05, 0) is 40.4 Å². The minimum atomic E-state index is 0.0458. The molecule has 1 aliphatic rings. The largest absolute Gasteiger partial charge is 0.496 e. The van der Waals surface area contributed by atoms with Crippen LogP contribution in [0.5, 0.6) is 5.75 Å². The molecule has 1 saturated carbocycles. The van der Waals surface area contributed by atoms with Gasteiger partial charge in [0.15, 0.2) is 0 Å².